The summed E-state index contributed by atoms with van der Waals surface area (Å²) in [7, 11) is 0. The first kappa shape index (κ1) is 14.2. The number of thioether (sulfide) groups is 1. The van der Waals surface area contributed by atoms with Crippen LogP contribution in [0.5, 0.6) is 0 Å². The molecule has 0 amide bonds. The summed E-state index contributed by atoms with van der Waals surface area (Å²) in [5.41, 5.74) is 0. The second-order valence-electron chi connectivity index (χ2n) is 7.18. The number of rotatable bonds is 4. The first-order valence-corrected chi connectivity index (χ1v) is 9.49. The van der Waals surface area contributed by atoms with Crippen LogP contribution in [0.3, 0.4) is 0 Å². The van der Waals surface area contributed by atoms with Gasteiger partial charge in [0.2, 0.25) is 0 Å². The van der Waals surface area contributed by atoms with Crippen molar-refractivity contribution in [1.29, 1.82) is 0 Å². The van der Waals surface area contributed by atoms with Crippen molar-refractivity contribution in [1.82, 2.24) is 10.2 Å². The average Bonchev–Trinajstić information content (AvgIpc) is 3.15. The van der Waals surface area contributed by atoms with Crippen molar-refractivity contribution in [3.63, 3.8) is 0 Å². The monoisotopic (exact) mass is 282 g/mol. The summed E-state index contributed by atoms with van der Waals surface area (Å²) in [6.07, 6.45) is 9.53. The zero-order valence-electron chi connectivity index (χ0n) is 12.8. The molecule has 0 bridgehead atoms. The van der Waals surface area contributed by atoms with E-state index >= 15 is 0 Å². The van der Waals surface area contributed by atoms with E-state index in [0.717, 1.165) is 35.2 Å². The van der Waals surface area contributed by atoms with Crippen LogP contribution in [-0.4, -0.2) is 47.6 Å². The molecule has 1 heterocycles. The van der Waals surface area contributed by atoms with Gasteiger partial charge in [-0.25, -0.2) is 0 Å². The molecule has 4 atom stereocenters. The summed E-state index contributed by atoms with van der Waals surface area (Å²) in [6, 6.07) is 2.43. The Bertz CT molecular complexity index is 303. The second kappa shape index (κ2) is 5.95. The van der Waals surface area contributed by atoms with Gasteiger partial charge in [0.25, 0.3) is 0 Å². The van der Waals surface area contributed by atoms with E-state index in [-0.39, 0.29) is 0 Å². The number of nitrogens with zero attached hydrogens (tertiary/aromatic N) is 1. The summed E-state index contributed by atoms with van der Waals surface area (Å²) >= 11 is 2.09. The standard InChI is InChI=1S/C16H30N2S/c1-11(2)16-9-17-15(12-4-5-12)10-18(16)13-6-7-14(8-13)19-3/h11-17H,4-10H2,1-3H3. The molecule has 2 saturated carbocycles. The molecule has 1 aliphatic heterocycles. The highest BCUT2D eigenvalue weighted by Crippen LogP contribution is 2.38. The lowest BCUT2D eigenvalue weighted by atomic mass is 9.94. The van der Waals surface area contributed by atoms with Crippen molar-refractivity contribution in [3.8, 4) is 0 Å². The lowest BCUT2D eigenvalue weighted by Crippen LogP contribution is -2.61. The molecule has 3 aliphatic rings. The predicted molar refractivity (Wildman–Crippen MR) is 84.8 cm³/mol. The van der Waals surface area contributed by atoms with E-state index < -0.39 is 0 Å². The van der Waals surface area contributed by atoms with Gasteiger partial charge in [0.15, 0.2) is 0 Å². The van der Waals surface area contributed by atoms with Gasteiger partial charge in [0, 0.05) is 36.5 Å². The molecule has 1 N–H and O–H groups in total. The summed E-state index contributed by atoms with van der Waals surface area (Å²) in [5, 5.41) is 4.77. The highest BCUT2D eigenvalue weighted by molar-refractivity contribution is 7.99. The van der Waals surface area contributed by atoms with Crippen LogP contribution in [0.4, 0.5) is 0 Å². The molecule has 4 unspecified atom stereocenters. The molecule has 110 valence electrons. The van der Waals surface area contributed by atoms with Crippen LogP contribution in [0.2, 0.25) is 0 Å². The zero-order chi connectivity index (χ0) is 13.4. The van der Waals surface area contributed by atoms with Gasteiger partial charge in [0.1, 0.15) is 0 Å². The van der Waals surface area contributed by atoms with Crippen molar-refractivity contribution in [2.45, 2.75) is 69.3 Å². The van der Waals surface area contributed by atoms with Crippen molar-refractivity contribution >= 4 is 11.8 Å². The third-order valence-electron chi connectivity index (χ3n) is 5.54. The third-order valence-corrected chi connectivity index (χ3v) is 6.64. The van der Waals surface area contributed by atoms with Gasteiger partial charge in [-0.3, -0.25) is 4.90 Å². The summed E-state index contributed by atoms with van der Waals surface area (Å²) in [4.78, 5) is 2.90. The highest BCUT2D eigenvalue weighted by Gasteiger charge is 2.41. The van der Waals surface area contributed by atoms with Crippen LogP contribution in [0.1, 0.15) is 46.0 Å². The second-order valence-corrected chi connectivity index (χ2v) is 8.32. The minimum Gasteiger partial charge on any atom is -0.311 e. The van der Waals surface area contributed by atoms with E-state index in [1.54, 1.807) is 0 Å². The van der Waals surface area contributed by atoms with Gasteiger partial charge < -0.3 is 5.32 Å². The molecule has 19 heavy (non-hydrogen) atoms. The first-order valence-electron chi connectivity index (χ1n) is 8.21. The Balaban J connectivity index is 1.66. The van der Waals surface area contributed by atoms with E-state index in [1.807, 2.05) is 0 Å². The molecule has 2 nitrogen and oxygen atoms in total. The zero-order valence-corrected chi connectivity index (χ0v) is 13.6. The largest absolute Gasteiger partial charge is 0.311 e. The van der Waals surface area contributed by atoms with Crippen LogP contribution in [-0.2, 0) is 0 Å². The fourth-order valence-electron chi connectivity index (χ4n) is 4.10. The van der Waals surface area contributed by atoms with Gasteiger partial charge in [0.05, 0.1) is 0 Å². The Kier molecular flexibility index (Phi) is 4.45. The quantitative estimate of drug-likeness (QED) is 0.853. The molecular formula is C16H30N2S. The number of nitrogens with one attached hydrogen (secondary N) is 1. The van der Waals surface area contributed by atoms with E-state index in [1.165, 1.54) is 45.2 Å². The van der Waals surface area contributed by atoms with Crippen molar-refractivity contribution < 1.29 is 0 Å². The lowest BCUT2D eigenvalue weighted by Gasteiger charge is -2.46. The maximum absolute atomic E-state index is 3.84. The van der Waals surface area contributed by atoms with E-state index in [0.29, 0.717) is 0 Å². The fraction of sp³-hybridized carbons (Fsp3) is 1.00. The van der Waals surface area contributed by atoms with Gasteiger partial charge in [-0.15, -0.1) is 0 Å². The van der Waals surface area contributed by atoms with E-state index in [2.05, 4.69) is 42.1 Å². The van der Waals surface area contributed by atoms with Crippen molar-refractivity contribution in [2.24, 2.45) is 11.8 Å². The van der Waals surface area contributed by atoms with Gasteiger partial charge >= 0.3 is 0 Å². The van der Waals surface area contributed by atoms with Gasteiger partial charge in [-0.1, -0.05) is 13.8 Å². The van der Waals surface area contributed by atoms with Crippen LogP contribution < -0.4 is 5.32 Å². The summed E-state index contributed by atoms with van der Waals surface area (Å²) in [5.74, 6) is 1.77. The van der Waals surface area contributed by atoms with E-state index in [9.17, 15) is 0 Å². The van der Waals surface area contributed by atoms with Crippen LogP contribution >= 0.6 is 11.8 Å². The Labute approximate surface area is 123 Å². The molecule has 0 radical (unpaired) electrons. The molecule has 3 fully saturated rings. The van der Waals surface area contributed by atoms with Gasteiger partial charge in [-0.05, 0) is 50.2 Å². The van der Waals surface area contributed by atoms with Gasteiger partial charge in [-0.2, -0.15) is 11.8 Å². The first-order chi connectivity index (χ1) is 9.19. The smallest absolute Gasteiger partial charge is 0.0247 e. The maximum Gasteiger partial charge on any atom is 0.0247 e. The van der Waals surface area contributed by atoms with Crippen molar-refractivity contribution in [2.75, 3.05) is 19.3 Å². The predicted octanol–water partition coefficient (Wildman–Crippen LogP) is 2.98. The average molecular weight is 282 g/mol. The molecule has 2 aliphatic carbocycles. The SMILES string of the molecule is CSC1CCC(N2CC(C3CC3)NCC2C(C)C)C1. The van der Waals surface area contributed by atoms with Crippen LogP contribution in [0.15, 0.2) is 0 Å². The number of hydrogen-bond donors (Lipinski definition) is 1. The molecule has 3 rings (SSSR count). The molecule has 0 aromatic heterocycles. The molecule has 0 spiro atoms. The Morgan fingerprint density at radius 3 is 2.53 bits per heavy atom. The number of hydrogen-bond acceptors (Lipinski definition) is 3. The fourth-order valence-corrected chi connectivity index (χ4v) is 4.89. The molecule has 0 aromatic carbocycles. The van der Waals surface area contributed by atoms with Crippen LogP contribution in [0.25, 0.3) is 0 Å². The minimum absolute atomic E-state index is 0.764. The highest BCUT2D eigenvalue weighted by atomic mass is 32.2. The third kappa shape index (κ3) is 3.14. The topological polar surface area (TPSA) is 15.3 Å². The van der Waals surface area contributed by atoms with E-state index in [4.69, 9.17) is 0 Å². The van der Waals surface area contributed by atoms with Crippen molar-refractivity contribution in [3.05, 3.63) is 0 Å². The molecule has 3 heteroatoms. The number of piperazine rings is 1. The van der Waals surface area contributed by atoms with Crippen LogP contribution in [0, 0.1) is 11.8 Å². The Morgan fingerprint density at radius 1 is 1.16 bits per heavy atom. The Morgan fingerprint density at radius 2 is 1.95 bits per heavy atom. The molecule has 0 aromatic rings. The minimum atomic E-state index is 0.764. The normalized spacial score (nSPS) is 41.1. The molecular weight excluding hydrogens is 252 g/mol. The lowest BCUT2D eigenvalue weighted by molar-refractivity contribution is 0.0531. The Hall–Kier alpha value is 0.270. The maximum atomic E-state index is 3.84. The summed E-state index contributed by atoms with van der Waals surface area (Å²) in [6.45, 7) is 7.34. The summed E-state index contributed by atoms with van der Waals surface area (Å²) < 4.78 is 0. The molecule has 1 saturated heterocycles.